The van der Waals surface area contributed by atoms with Crippen LogP contribution in [0.15, 0.2) is 95.9 Å². The van der Waals surface area contributed by atoms with Gasteiger partial charge in [-0.25, -0.2) is 4.79 Å². The van der Waals surface area contributed by atoms with Crippen molar-refractivity contribution in [2.24, 2.45) is 0 Å². The summed E-state index contributed by atoms with van der Waals surface area (Å²) in [5.41, 5.74) is 4.10. The molecule has 41 heavy (non-hydrogen) atoms. The van der Waals surface area contributed by atoms with Crippen LogP contribution in [0.5, 0.6) is 5.75 Å². The molecule has 0 aliphatic carbocycles. The first kappa shape index (κ1) is 29.4. The summed E-state index contributed by atoms with van der Waals surface area (Å²) in [6.45, 7) is 2.79. The molecule has 4 aromatic rings. The zero-order chi connectivity index (χ0) is 29.2. The summed E-state index contributed by atoms with van der Waals surface area (Å²) >= 11 is 1.45. The summed E-state index contributed by atoms with van der Waals surface area (Å²) in [6.07, 6.45) is 1.52. The van der Waals surface area contributed by atoms with Gasteiger partial charge in [0.1, 0.15) is 5.75 Å². The van der Waals surface area contributed by atoms with Crippen LogP contribution in [-0.2, 0) is 12.8 Å². The largest absolute Gasteiger partial charge is 0.497 e. The number of nitrogens with one attached hydrogen (secondary N) is 3. The van der Waals surface area contributed by atoms with Gasteiger partial charge in [-0.05, 0) is 96.6 Å². The van der Waals surface area contributed by atoms with Crippen molar-refractivity contribution in [2.45, 2.75) is 24.7 Å². The Morgan fingerprint density at radius 1 is 0.780 bits per heavy atom. The van der Waals surface area contributed by atoms with E-state index in [-0.39, 0.29) is 22.9 Å². The van der Waals surface area contributed by atoms with Crippen LogP contribution in [0.1, 0.15) is 49.1 Å². The maximum Gasteiger partial charge on any atom is 0.335 e. The van der Waals surface area contributed by atoms with Crippen LogP contribution in [0, 0.1) is 0 Å². The van der Waals surface area contributed by atoms with Crippen LogP contribution in [0.3, 0.4) is 0 Å². The van der Waals surface area contributed by atoms with E-state index in [4.69, 9.17) is 9.84 Å². The van der Waals surface area contributed by atoms with Crippen LogP contribution in [0.25, 0.3) is 0 Å². The number of carbonyl (C=O) groups is 3. The smallest absolute Gasteiger partial charge is 0.335 e. The lowest BCUT2D eigenvalue weighted by Crippen LogP contribution is -2.18. The quantitative estimate of drug-likeness (QED) is 0.148. The first-order valence-electron chi connectivity index (χ1n) is 13.1. The van der Waals surface area contributed by atoms with Gasteiger partial charge in [0.15, 0.2) is 0 Å². The van der Waals surface area contributed by atoms with Gasteiger partial charge in [-0.1, -0.05) is 37.3 Å². The van der Waals surface area contributed by atoms with E-state index in [0.717, 1.165) is 35.4 Å². The Kier molecular flexibility index (Phi) is 10.1. The van der Waals surface area contributed by atoms with Crippen molar-refractivity contribution in [1.29, 1.82) is 0 Å². The number of ether oxygens (including phenoxy) is 1. The zero-order valence-electron chi connectivity index (χ0n) is 22.8. The number of aromatic carboxylic acids is 1. The molecule has 4 rings (SSSR count). The number of benzene rings is 4. The van der Waals surface area contributed by atoms with Gasteiger partial charge < -0.3 is 20.5 Å². The van der Waals surface area contributed by atoms with Gasteiger partial charge in [0, 0.05) is 22.7 Å². The Balaban J connectivity index is 1.42. The molecule has 0 saturated heterocycles. The Labute approximate surface area is 243 Å². The number of carbonyl (C=O) groups excluding carboxylic acids is 2. The molecular formula is C32H31N3O5S. The first-order chi connectivity index (χ1) is 19.9. The average molecular weight is 570 g/mol. The van der Waals surface area contributed by atoms with Crippen molar-refractivity contribution >= 4 is 41.1 Å². The molecule has 0 aromatic heterocycles. The predicted octanol–water partition coefficient (Wildman–Crippen LogP) is 6.30. The molecule has 8 nitrogen and oxygen atoms in total. The van der Waals surface area contributed by atoms with E-state index < -0.39 is 5.97 Å². The molecule has 4 aromatic carbocycles. The van der Waals surface area contributed by atoms with E-state index in [1.807, 2.05) is 55.5 Å². The number of carboxylic acids is 1. The van der Waals surface area contributed by atoms with Crippen molar-refractivity contribution in [3.05, 3.63) is 119 Å². The molecule has 4 N–H and O–H groups in total. The molecule has 0 saturated carbocycles. The maximum absolute atomic E-state index is 13.3. The summed E-state index contributed by atoms with van der Waals surface area (Å²) in [4.78, 5) is 38.3. The van der Waals surface area contributed by atoms with Gasteiger partial charge in [-0.2, -0.15) is 0 Å². The minimum atomic E-state index is -0.942. The number of hydrogen-bond donors (Lipinski definition) is 4. The summed E-state index contributed by atoms with van der Waals surface area (Å²) < 4.78 is 8.48. The molecular weight excluding hydrogens is 538 g/mol. The van der Waals surface area contributed by atoms with Crippen molar-refractivity contribution in [3.63, 3.8) is 0 Å². The van der Waals surface area contributed by atoms with Gasteiger partial charge in [-0.3, -0.25) is 14.3 Å². The monoisotopic (exact) mass is 569 g/mol. The lowest BCUT2D eigenvalue weighted by Gasteiger charge is -2.14. The average Bonchev–Trinajstić information content (AvgIpc) is 3.00. The van der Waals surface area contributed by atoms with E-state index in [2.05, 4.69) is 15.4 Å². The second kappa shape index (κ2) is 14.2. The topological polar surface area (TPSA) is 117 Å². The highest BCUT2D eigenvalue weighted by atomic mass is 32.2. The van der Waals surface area contributed by atoms with E-state index in [1.165, 1.54) is 19.1 Å². The minimum Gasteiger partial charge on any atom is -0.497 e. The number of hydrogen-bond acceptors (Lipinski definition) is 6. The number of methoxy groups -OCH3 is 1. The van der Waals surface area contributed by atoms with Crippen LogP contribution in [0.2, 0.25) is 0 Å². The second-order valence-corrected chi connectivity index (χ2v) is 10.1. The molecule has 0 aliphatic rings. The maximum atomic E-state index is 13.3. The Hall–Kier alpha value is -4.60. The van der Waals surface area contributed by atoms with E-state index in [9.17, 15) is 14.4 Å². The highest BCUT2D eigenvalue weighted by Crippen LogP contribution is 2.25. The molecule has 210 valence electrons. The molecule has 0 radical (unpaired) electrons. The molecule has 0 atom stereocenters. The predicted molar refractivity (Wildman–Crippen MR) is 162 cm³/mol. The zero-order valence-corrected chi connectivity index (χ0v) is 23.6. The summed E-state index contributed by atoms with van der Waals surface area (Å²) in [5.74, 6) is -1.17. The molecule has 0 unspecified atom stereocenters. The fraction of sp³-hybridized carbons (Fsp3) is 0.156. The fourth-order valence-corrected chi connectivity index (χ4v) is 4.70. The number of anilines is 2. The van der Waals surface area contributed by atoms with E-state index >= 15 is 0 Å². The van der Waals surface area contributed by atoms with E-state index in [0.29, 0.717) is 22.7 Å². The lowest BCUT2D eigenvalue weighted by atomic mass is 10.0. The number of amides is 2. The summed E-state index contributed by atoms with van der Waals surface area (Å²) in [7, 11) is 1.52. The van der Waals surface area contributed by atoms with Crippen LogP contribution in [0.4, 0.5) is 11.4 Å². The molecule has 0 spiro atoms. The molecule has 0 heterocycles. The Morgan fingerprint density at radius 3 is 2.10 bits per heavy atom. The van der Waals surface area contributed by atoms with Crippen molar-refractivity contribution in [1.82, 2.24) is 4.72 Å². The molecule has 0 fully saturated rings. The highest BCUT2D eigenvalue weighted by molar-refractivity contribution is 7.97. The highest BCUT2D eigenvalue weighted by Gasteiger charge is 2.17. The molecule has 0 bridgehead atoms. The van der Waals surface area contributed by atoms with Gasteiger partial charge in [0.2, 0.25) is 0 Å². The number of carboxylic acid groups (broad SMARTS) is 1. The lowest BCUT2D eigenvalue weighted by molar-refractivity contribution is 0.0696. The molecule has 9 heteroatoms. The SMILES string of the molecule is CCNSc1cccc(C(=O)Nc2ccc(OC)cc2C(=O)Nc2ccc(CCc3ccc(C(=O)O)cc3)cc2)c1. The third kappa shape index (κ3) is 8.20. The van der Waals surface area contributed by atoms with Gasteiger partial charge in [-0.15, -0.1) is 0 Å². The first-order valence-corrected chi connectivity index (χ1v) is 13.9. The van der Waals surface area contributed by atoms with Crippen LogP contribution < -0.4 is 20.1 Å². The van der Waals surface area contributed by atoms with Gasteiger partial charge >= 0.3 is 5.97 Å². The van der Waals surface area contributed by atoms with Crippen molar-refractivity contribution < 1.29 is 24.2 Å². The van der Waals surface area contributed by atoms with Crippen LogP contribution >= 0.6 is 11.9 Å². The van der Waals surface area contributed by atoms with E-state index in [1.54, 1.807) is 42.5 Å². The van der Waals surface area contributed by atoms with Crippen molar-refractivity contribution in [2.75, 3.05) is 24.3 Å². The standard InChI is InChI=1S/C32H31N3O5S/c1-3-33-41-27-6-4-5-24(19-27)30(36)35-29-18-17-26(40-2)20-28(29)31(37)34-25-15-11-22(12-16-25)8-7-21-9-13-23(14-10-21)32(38)39/h4-6,9-20,33H,3,7-8H2,1-2H3,(H,34,37)(H,35,36)(H,38,39). The third-order valence-electron chi connectivity index (χ3n) is 6.27. The van der Waals surface area contributed by atoms with Gasteiger partial charge in [0.05, 0.1) is 23.9 Å². The minimum absolute atomic E-state index is 0.265. The Morgan fingerprint density at radius 2 is 1.46 bits per heavy atom. The molecule has 0 aliphatic heterocycles. The summed E-state index contributed by atoms with van der Waals surface area (Å²) in [5, 5.41) is 14.8. The number of rotatable bonds is 12. The molecule has 2 amide bonds. The third-order valence-corrected chi connectivity index (χ3v) is 7.19. The van der Waals surface area contributed by atoms with Gasteiger partial charge in [0.25, 0.3) is 11.8 Å². The van der Waals surface area contributed by atoms with Crippen LogP contribution in [-0.4, -0.2) is 36.5 Å². The normalized spacial score (nSPS) is 10.6. The number of aryl methyl sites for hydroxylation is 2. The van der Waals surface area contributed by atoms with Crippen molar-refractivity contribution in [3.8, 4) is 5.75 Å². The summed E-state index contributed by atoms with van der Waals surface area (Å²) in [6, 6.07) is 26.6. The fourth-order valence-electron chi connectivity index (χ4n) is 4.05. The Bertz CT molecular complexity index is 1520. The second-order valence-electron chi connectivity index (χ2n) is 9.15.